The molecule has 20 heavy (non-hydrogen) atoms. The molecule has 1 saturated heterocycles. The minimum absolute atomic E-state index is 0.222. The van der Waals surface area contributed by atoms with Crippen LogP contribution in [0, 0.1) is 0 Å². The summed E-state index contributed by atoms with van der Waals surface area (Å²) >= 11 is 13.1. The molecule has 0 spiro atoms. The fourth-order valence-electron chi connectivity index (χ4n) is 1.61. The second-order valence-electron chi connectivity index (χ2n) is 4.18. The molecule has 0 unspecified atom stereocenters. The summed E-state index contributed by atoms with van der Waals surface area (Å²) in [4.78, 5) is 12.0. The van der Waals surface area contributed by atoms with Crippen LogP contribution in [0.25, 0.3) is 0 Å². The largest absolute Gasteiger partial charge is 0.379 e. The van der Waals surface area contributed by atoms with Gasteiger partial charge in [0.05, 0.1) is 23.3 Å². The molecule has 1 aromatic rings. The third-order valence-electron chi connectivity index (χ3n) is 2.66. The van der Waals surface area contributed by atoms with Crippen molar-refractivity contribution in [2.45, 2.75) is 0 Å². The Morgan fingerprint density at radius 3 is 2.70 bits per heavy atom. The number of hydrogen-bond donors (Lipinski definition) is 1. The van der Waals surface area contributed by atoms with Gasteiger partial charge in [-0.1, -0.05) is 23.2 Å². The van der Waals surface area contributed by atoms with E-state index in [0.717, 1.165) is 13.1 Å². The lowest BCUT2D eigenvalue weighted by Gasteiger charge is -2.28. The summed E-state index contributed by atoms with van der Waals surface area (Å²) in [6.07, 6.45) is 0. The monoisotopic (exact) mass is 335 g/mol. The van der Waals surface area contributed by atoms with Crippen LogP contribution in [0.2, 0.25) is 10.0 Å². The lowest BCUT2D eigenvalue weighted by atomic mass is 10.3. The van der Waals surface area contributed by atoms with E-state index in [0.29, 0.717) is 28.9 Å². The van der Waals surface area contributed by atoms with Gasteiger partial charge < -0.3 is 10.1 Å². The zero-order valence-corrected chi connectivity index (χ0v) is 13.3. The molecule has 1 aliphatic heterocycles. The number of carbonyl (C=O) groups excluding carboxylic acids is 1. The average Bonchev–Trinajstić information content (AvgIpc) is 2.44. The predicted molar refractivity (Wildman–Crippen MR) is 83.2 cm³/mol. The Morgan fingerprint density at radius 1 is 1.35 bits per heavy atom. The van der Waals surface area contributed by atoms with Crippen LogP contribution < -0.4 is 5.32 Å². The Labute approximate surface area is 132 Å². The predicted octanol–water partition coefficient (Wildman–Crippen LogP) is 3.35. The number of urea groups is 1. The maximum atomic E-state index is 12.0. The topological polar surface area (TPSA) is 44.8 Å². The molecule has 110 valence electrons. The quantitative estimate of drug-likeness (QED) is 0.860. The van der Waals surface area contributed by atoms with Crippen LogP contribution in [0.15, 0.2) is 18.2 Å². The maximum absolute atomic E-state index is 12.0. The third-order valence-corrected chi connectivity index (χ3v) is 4.41. The zero-order chi connectivity index (χ0) is 14.5. The fourth-order valence-corrected chi connectivity index (χ4v) is 2.69. The molecule has 0 bridgehead atoms. The van der Waals surface area contributed by atoms with Gasteiger partial charge in [0.25, 0.3) is 0 Å². The third kappa shape index (κ3) is 4.43. The molecule has 0 radical (unpaired) electrons. The van der Waals surface area contributed by atoms with Crippen molar-refractivity contribution in [1.29, 1.82) is 0 Å². The van der Waals surface area contributed by atoms with E-state index in [9.17, 15) is 4.79 Å². The number of nitrogens with one attached hydrogen (secondary N) is 1. The van der Waals surface area contributed by atoms with Crippen LogP contribution in [0.5, 0.6) is 0 Å². The maximum Gasteiger partial charge on any atom is 0.332 e. The first-order valence-electron chi connectivity index (χ1n) is 6.07. The van der Waals surface area contributed by atoms with Crippen molar-refractivity contribution in [3.8, 4) is 0 Å². The van der Waals surface area contributed by atoms with Crippen molar-refractivity contribution in [2.75, 3.05) is 38.7 Å². The van der Waals surface area contributed by atoms with Crippen molar-refractivity contribution in [1.82, 2.24) is 8.61 Å². The van der Waals surface area contributed by atoms with E-state index in [-0.39, 0.29) is 6.03 Å². The highest BCUT2D eigenvalue weighted by atomic mass is 35.5. The highest BCUT2D eigenvalue weighted by molar-refractivity contribution is 7.95. The summed E-state index contributed by atoms with van der Waals surface area (Å²) in [5.74, 6) is 0. The minimum atomic E-state index is -0.222. The number of carbonyl (C=O) groups is 1. The molecule has 5 nitrogen and oxygen atoms in total. The summed E-state index contributed by atoms with van der Waals surface area (Å²) in [5, 5.41) is 3.63. The van der Waals surface area contributed by atoms with Crippen molar-refractivity contribution in [2.24, 2.45) is 0 Å². The van der Waals surface area contributed by atoms with Gasteiger partial charge >= 0.3 is 6.03 Å². The Hall–Kier alpha value is -0.660. The number of amides is 2. The lowest BCUT2D eigenvalue weighted by molar-refractivity contribution is 0.0763. The van der Waals surface area contributed by atoms with Gasteiger partial charge in [-0.2, -0.15) is 0 Å². The van der Waals surface area contributed by atoms with Gasteiger partial charge in [-0.3, -0.25) is 4.31 Å². The molecular formula is C12H15Cl2N3O2S. The van der Waals surface area contributed by atoms with Crippen molar-refractivity contribution in [3.63, 3.8) is 0 Å². The molecule has 1 fully saturated rings. The normalized spacial score (nSPS) is 15.9. The van der Waals surface area contributed by atoms with Gasteiger partial charge in [0, 0.05) is 38.0 Å². The minimum Gasteiger partial charge on any atom is -0.379 e. The molecule has 1 aliphatic rings. The van der Waals surface area contributed by atoms with Gasteiger partial charge in [-0.15, -0.1) is 0 Å². The lowest BCUT2D eigenvalue weighted by Crippen LogP contribution is -2.36. The molecular weight excluding hydrogens is 321 g/mol. The van der Waals surface area contributed by atoms with Crippen LogP contribution in [-0.4, -0.2) is 48.0 Å². The first-order chi connectivity index (χ1) is 9.56. The molecule has 1 N–H and O–H groups in total. The molecule has 1 heterocycles. The van der Waals surface area contributed by atoms with E-state index in [2.05, 4.69) is 9.62 Å². The molecule has 0 saturated carbocycles. The summed E-state index contributed by atoms with van der Waals surface area (Å²) in [7, 11) is 1.72. The Balaban J connectivity index is 1.88. The van der Waals surface area contributed by atoms with E-state index < -0.39 is 0 Å². The highest BCUT2D eigenvalue weighted by Crippen LogP contribution is 2.25. The van der Waals surface area contributed by atoms with E-state index in [1.807, 2.05) is 0 Å². The molecule has 0 atom stereocenters. The standard InChI is InChI=1S/C12H15Cl2N3O2S/c1-16(20-17-4-6-19-7-5-17)12(18)15-9-2-3-10(13)11(14)8-9/h2-3,8H,4-7H2,1H3,(H,15,18). The Kier molecular flexibility index (Phi) is 5.80. The summed E-state index contributed by atoms with van der Waals surface area (Å²) in [6, 6.07) is 4.75. The smallest absolute Gasteiger partial charge is 0.332 e. The number of benzene rings is 1. The van der Waals surface area contributed by atoms with Crippen LogP contribution in [0.3, 0.4) is 0 Å². The first-order valence-corrected chi connectivity index (χ1v) is 7.55. The number of ether oxygens (including phenoxy) is 1. The average molecular weight is 336 g/mol. The number of nitrogens with zero attached hydrogens (tertiary/aromatic N) is 2. The molecule has 0 aliphatic carbocycles. The second kappa shape index (κ2) is 7.38. The second-order valence-corrected chi connectivity index (χ2v) is 6.22. The summed E-state index contributed by atoms with van der Waals surface area (Å²) in [5.41, 5.74) is 0.610. The zero-order valence-electron chi connectivity index (χ0n) is 10.9. The van der Waals surface area contributed by atoms with E-state index in [4.69, 9.17) is 27.9 Å². The molecule has 8 heteroatoms. The first kappa shape index (κ1) is 15.7. The van der Waals surface area contributed by atoms with Crippen LogP contribution in [0.4, 0.5) is 10.5 Å². The van der Waals surface area contributed by atoms with Crippen molar-refractivity contribution >= 4 is 47.1 Å². The number of morpholine rings is 1. The number of rotatable bonds is 3. The molecule has 0 aromatic heterocycles. The summed E-state index contributed by atoms with van der Waals surface area (Å²) in [6.45, 7) is 2.98. The van der Waals surface area contributed by atoms with Gasteiger partial charge in [0.1, 0.15) is 0 Å². The van der Waals surface area contributed by atoms with Crippen molar-refractivity contribution in [3.05, 3.63) is 28.2 Å². The molecule has 2 amide bonds. The van der Waals surface area contributed by atoms with Crippen molar-refractivity contribution < 1.29 is 9.53 Å². The fraction of sp³-hybridized carbons (Fsp3) is 0.417. The van der Waals surface area contributed by atoms with E-state index in [1.54, 1.807) is 25.2 Å². The van der Waals surface area contributed by atoms with Crippen LogP contribution >= 0.6 is 35.3 Å². The highest BCUT2D eigenvalue weighted by Gasteiger charge is 2.17. The Bertz CT molecular complexity index is 484. The summed E-state index contributed by atoms with van der Waals surface area (Å²) < 4.78 is 8.88. The SMILES string of the molecule is CN(SN1CCOCC1)C(=O)Nc1ccc(Cl)c(Cl)c1. The molecule has 1 aromatic carbocycles. The van der Waals surface area contributed by atoms with Gasteiger partial charge in [-0.05, 0) is 18.2 Å². The van der Waals surface area contributed by atoms with E-state index >= 15 is 0 Å². The van der Waals surface area contributed by atoms with Crippen LogP contribution in [-0.2, 0) is 4.74 Å². The van der Waals surface area contributed by atoms with Gasteiger partial charge in [0.15, 0.2) is 0 Å². The van der Waals surface area contributed by atoms with Gasteiger partial charge in [-0.25, -0.2) is 9.10 Å². The number of halogens is 2. The number of hydrogen-bond acceptors (Lipinski definition) is 4. The van der Waals surface area contributed by atoms with Crippen LogP contribution in [0.1, 0.15) is 0 Å². The van der Waals surface area contributed by atoms with Gasteiger partial charge in [0.2, 0.25) is 0 Å². The molecule has 2 rings (SSSR count). The Morgan fingerprint density at radius 2 is 2.05 bits per heavy atom. The number of anilines is 1. The van der Waals surface area contributed by atoms with E-state index in [1.165, 1.54) is 16.4 Å².